The van der Waals surface area contributed by atoms with Crippen LogP contribution in [0.2, 0.25) is 0 Å². The van der Waals surface area contributed by atoms with Gasteiger partial charge in [-0.2, -0.15) is 0 Å². The molecule has 0 radical (unpaired) electrons. The number of hydrogen-bond acceptors (Lipinski definition) is 6. The van der Waals surface area contributed by atoms with E-state index in [-0.39, 0.29) is 0 Å². The van der Waals surface area contributed by atoms with Gasteiger partial charge in [0, 0.05) is 83.7 Å². The van der Waals surface area contributed by atoms with E-state index in [4.69, 9.17) is 15.0 Å². The monoisotopic (exact) mass is 1940 g/mol. The lowest BCUT2D eigenvalue weighted by Crippen LogP contribution is -2.33. The Morgan fingerprint density at radius 3 is 0.823 bits per heavy atom. The van der Waals surface area contributed by atoms with Gasteiger partial charge in [0.1, 0.15) is 17.5 Å². The number of aromatic nitrogens is 6. The number of benzene rings is 23. The van der Waals surface area contributed by atoms with Gasteiger partial charge in [0.05, 0.1) is 50.2 Å². The van der Waals surface area contributed by atoms with Crippen LogP contribution in [-0.4, -0.2) is 28.7 Å². The van der Waals surface area contributed by atoms with Crippen LogP contribution >= 0.6 is 21.4 Å². The molecule has 3 unspecified atom stereocenters. The number of nitrogens with zero attached hydrogens (tertiary/aromatic N) is 6. The number of fused-ring (bicyclic) bond motifs is 12. The minimum Gasteiger partial charge on any atom is -0.308 e. The standard InChI is InChI=1S/C61H41N2OP.2C37H27N2OP/c1-2-57-62-54-23-13-25-56-61(54)63(57)60-49(22-12-24-55(60)65(56,64)48-18-4-3-5-19-48)42-30-26-41(27-31-42)45-34-35-52-53(38-45)59(47-33-29-40-15-7-9-17-44(40)37-47)51-21-11-10-20-50(51)58(52)46-32-28-39-14-6-8-16-43(39)36-46;1-2-35-38-32-16-10-18-34-37(32)39(35)36-31(15-9-17-33(36)41(34,40)30-13-7-4-8-14-30)29-22-21-27-23-26(19-20-28(27)24-29)25-11-5-3-6-12-25;1-2-35-38-32-15-9-17-34-37(32)39(35)36-31(14-8-16-33(36)41(34,40)30-12-4-3-5-13-30)27-21-18-26(19-22-27)29-23-20-25-10-6-7-11-28(25)24-29/h3-38H,2H2,1H3;2*3-24H,2H2,1H3. The minimum atomic E-state index is -3.25. The van der Waals surface area contributed by atoms with Crippen LogP contribution < -0.4 is 47.7 Å². The minimum absolute atomic E-state index is 0.748. The summed E-state index contributed by atoms with van der Waals surface area (Å²) in [6.45, 7) is 6.42. The first kappa shape index (κ1) is 88.6. The van der Waals surface area contributed by atoms with Gasteiger partial charge in [0.25, 0.3) is 0 Å². The molecule has 9 nitrogen and oxygen atoms in total. The summed E-state index contributed by atoms with van der Waals surface area (Å²) in [5.41, 5.74) is 26.8. The third-order valence-electron chi connectivity index (χ3n) is 30.4. The van der Waals surface area contributed by atoms with Gasteiger partial charge in [-0.05, 0) is 228 Å². The molecule has 0 spiro atoms. The number of aryl methyl sites for hydroxylation is 3. The average molecular weight is 1940 g/mol. The molecule has 0 N–H and O–H groups in total. The van der Waals surface area contributed by atoms with Crippen molar-refractivity contribution in [1.82, 2.24) is 28.7 Å². The van der Waals surface area contributed by atoms with Crippen molar-refractivity contribution in [2.45, 2.75) is 40.0 Å². The molecule has 0 aliphatic carbocycles. The van der Waals surface area contributed by atoms with E-state index in [0.717, 1.165) is 179 Å². The average Bonchev–Trinajstić information content (AvgIpc) is 1.58. The van der Waals surface area contributed by atoms with Crippen LogP contribution in [0.1, 0.15) is 38.2 Å². The van der Waals surface area contributed by atoms with Crippen molar-refractivity contribution in [2.75, 3.05) is 0 Å². The first-order valence-electron chi connectivity index (χ1n) is 50.6. The molecule has 3 atom stereocenters. The zero-order chi connectivity index (χ0) is 98.3. The SMILES string of the molecule is CCc1nc2cccc3c2n1-c1c(-c2ccc(-c4ccc5c(-c6ccc7ccccc7c6)c6ccccc6c(-c6ccc7ccccc7c6)c5c4)cc2)cccc1P3(=O)c1ccccc1.CCc1nc2cccc3c2n1-c1c(-c2ccc(-c4ccc5ccccc5c4)cc2)cccc1P3(=O)c1ccccc1.CCc1nc2cccc3c2n1-c1c(-c2ccc4cc(-c5ccccc5)ccc4c2)cccc1P3(=O)c1ccccc1. The van der Waals surface area contributed by atoms with Gasteiger partial charge < -0.3 is 13.7 Å². The van der Waals surface area contributed by atoms with Gasteiger partial charge in [-0.3, -0.25) is 13.7 Å². The quantitative estimate of drug-likeness (QED) is 0.0793. The Hall–Kier alpha value is -17.3. The predicted octanol–water partition coefficient (Wildman–Crippen LogP) is 30.9. The summed E-state index contributed by atoms with van der Waals surface area (Å²) in [7, 11) is -9.56. The number of para-hydroxylation sites is 6. The lowest BCUT2D eigenvalue weighted by molar-refractivity contribution is 0.591. The second-order valence-corrected chi connectivity index (χ2v) is 46.6. The number of rotatable bonds is 14. The van der Waals surface area contributed by atoms with Crippen LogP contribution in [0.4, 0.5) is 0 Å². The Labute approximate surface area is 851 Å². The predicted molar refractivity (Wildman–Crippen MR) is 619 cm³/mol. The Kier molecular flexibility index (Phi) is 21.5. The van der Waals surface area contributed by atoms with Crippen molar-refractivity contribution in [3.8, 4) is 106 Å². The van der Waals surface area contributed by atoms with Gasteiger partial charge in [0.15, 0.2) is 21.4 Å². The smallest absolute Gasteiger partial charge is 0.175 e. The van der Waals surface area contributed by atoms with E-state index in [2.05, 4.69) is 374 Å². The van der Waals surface area contributed by atoms with Crippen LogP contribution in [0.5, 0.6) is 0 Å². The largest absolute Gasteiger partial charge is 0.308 e. The van der Waals surface area contributed by atoms with Crippen LogP contribution in [0.25, 0.3) is 204 Å². The summed E-state index contributed by atoms with van der Waals surface area (Å²) in [5.74, 6) is 2.92. The maximum absolute atomic E-state index is 15.9. The first-order valence-corrected chi connectivity index (χ1v) is 55.7. The molecule has 0 fully saturated rings. The molecule has 698 valence electrons. The second kappa shape index (κ2) is 35.6. The van der Waals surface area contributed by atoms with Crippen molar-refractivity contribution in [1.29, 1.82) is 0 Å². The zero-order valence-corrected chi connectivity index (χ0v) is 83.7. The molecule has 3 aliphatic rings. The van der Waals surface area contributed by atoms with Gasteiger partial charge in [0.2, 0.25) is 0 Å². The maximum atomic E-state index is 15.9. The van der Waals surface area contributed by atoms with Gasteiger partial charge in [-0.1, -0.05) is 415 Å². The molecule has 3 aliphatic heterocycles. The highest BCUT2D eigenvalue weighted by Crippen LogP contribution is 2.57. The van der Waals surface area contributed by atoms with E-state index >= 15 is 13.7 Å². The molecule has 23 aromatic carbocycles. The van der Waals surface area contributed by atoms with Crippen molar-refractivity contribution in [3.05, 3.63) is 503 Å². The van der Waals surface area contributed by atoms with E-state index in [9.17, 15) is 0 Å². The molecular weight excluding hydrogens is 1850 g/mol. The summed E-state index contributed by atoms with van der Waals surface area (Å²) in [5, 5.41) is 22.4. The number of imidazole rings is 3. The molecule has 29 rings (SSSR count). The third kappa shape index (κ3) is 14.3. The van der Waals surface area contributed by atoms with Crippen LogP contribution in [0.15, 0.2) is 485 Å². The van der Waals surface area contributed by atoms with Crippen molar-refractivity contribution in [3.63, 3.8) is 0 Å². The summed E-state index contributed by atoms with van der Waals surface area (Å²) >= 11 is 0. The molecule has 12 heteroatoms. The van der Waals surface area contributed by atoms with E-state index < -0.39 is 21.4 Å². The highest BCUT2D eigenvalue weighted by Gasteiger charge is 2.45. The van der Waals surface area contributed by atoms with Crippen molar-refractivity contribution >= 4 is 167 Å². The van der Waals surface area contributed by atoms with Crippen molar-refractivity contribution < 1.29 is 13.7 Å². The van der Waals surface area contributed by atoms with Gasteiger partial charge >= 0.3 is 0 Å². The molecule has 0 bridgehead atoms. The highest BCUT2D eigenvalue weighted by atomic mass is 31.2. The Morgan fingerprint density at radius 1 is 0.190 bits per heavy atom. The third-order valence-corrected chi connectivity index (χ3v) is 39.7. The van der Waals surface area contributed by atoms with E-state index in [1.165, 1.54) is 109 Å². The fourth-order valence-electron chi connectivity index (χ4n) is 23.5. The van der Waals surface area contributed by atoms with Gasteiger partial charge in [-0.15, -0.1) is 0 Å². The molecule has 3 aromatic heterocycles. The van der Waals surface area contributed by atoms with E-state index in [1.54, 1.807) is 0 Å². The fourth-order valence-corrected chi connectivity index (χ4v) is 32.6. The molecule has 0 saturated carbocycles. The van der Waals surface area contributed by atoms with E-state index in [1.807, 2.05) is 146 Å². The topological polar surface area (TPSA) is 105 Å². The van der Waals surface area contributed by atoms with Crippen LogP contribution in [0.3, 0.4) is 0 Å². The van der Waals surface area contributed by atoms with Crippen molar-refractivity contribution in [2.24, 2.45) is 0 Å². The van der Waals surface area contributed by atoms with Crippen LogP contribution in [-0.2, 0) is 33.0 Å². The fraction of sp³-hybridized carbons (Fsp3) is 0.0444. The lowest BCUT2D eigenvalue weighted by atomic mass is 9.84. The molecule has 0 amide bonds. The molecular formula is C135H95N6O3P3. The molecule has 26 aromatic rings. The molecule has 0 saturated heterocycles. The maximum Gasteiger partial charge on any atom is 0.175 e. The first-order chi connectivity index (χ1) is 72.4. The second-order valence-electron chi connectivity index (χ2n) is 38.5. The van der Waals surface area contributed by atoms with Crippen LogP contribution in [0, 0.1) is 0 Å². The molecule has 6 heterocycles. The Balaban J connectivity index is 0.000000114. The zero-order valence-electron chi connectivity index (χ0n) is 81.1. The summed E-state index contributed by atoms with van der Waals surface area (Å²) in [6, 6.07) is 170. The van der Waals surface area contributed by atoms with Gasteiger partial charge in [-0.25, -0.2) is 15.0 Å². The Bertz CT molecular complexity index is 10100. The summed E-state index contributed by atoms with van der Waals surface area (Å²) < 4.78 is 53.7. The summed E-state index contributed by atoms with van der Waals surface area (Å²) in [6.07, 6.45) is 2.30. The van der Waals surface area contributed by atoms with E-state index in [0.29, 0.717) is 0 Å². The Morgan fingerprint density at radius 2 is 0.442 bits per heavy atom. The normalized spacial score (nSPS) is 15.1. The lowest BCUT2D eigenvalue weighted by Gasteiger charge is -2.30. The highest BCUT2D eigenvalue weighted by molar-refractivity contribution is 7.87. The number of hydrogen-bond donors (Lipinski definition) is 0. The summed E-state index contributed by atoms with van der Waals surface area (Å²) in [4.78, 5) is 15.2. The molecule has 147 heavy (non-hydrogen) atoms.